The zero-order valence-electron chi connectivity index (χ0n) is 15.8. The number of hydrogen-bond acceptors (Lipinski definition) is 4. The van der Waals surface area contributed by atoms with Gasteiger partial charge in [0.25, 0.3) is 0 Å². The molecular formula is C19H16ClF3N2O4S. The number of aliphatic carboxylic acids is 1. The fourth-order valence-electron chi connectivity index (χ4n) is 3.31. The SMILES string of the molecule is Cc1c(CC(=O)O)c2ccc(Cl)nc2n1Cc1ccc(S(C)(=O)=O)cc1C(F)(F)F. The molecule has 2 heterocycles. The average Bonchev–Trinajstić information content (AvgIpc) is 2.85. The van der Waals surface area contributed by atoms with Gasteiger partial charge in [-0.3, -0.25) is 4.79 Å². The molecule has 11 heteroatoms. The van der Waals surface area contributed by atoms with E-state index in [2.05, 4.69) is 4.98 Å². The lowest BCUT2D eigenvalue weighted by atomic mass is 10.1. The summed E-state index contributed by atoms with van der Waals surface area (Å²) in [6.07, 6.45) is -4.30. The van der Waals surface area contributed by atoms with Crippen molar-refractivity contribution >= 4 is 38.4 Å². The molecule has 30 heavy (non-hydrogen) atoms. The summed E-state index contributed by atoms with van der Waals surface area (Å²) in [5.74, 6) is -1.10. The van der Waals surface area contributed by atoms with E-state index in [-0.39, 0.29) is 29.3 Å². The van der Waals surface area contributed by atoms with Crippen LogP contribution >= 0.6 is 11.6 Å². The van der Waals surface area contributed by atoms with E-state index >= 15 is 0 Å². The first-order valence-corrected chi connectivity index (χ1v) is 10.8. The topological polar surface area (TPSA) is 89.3 Å². The van der Waals surface area contributed by atoms with Crippen molar-refractivity contribution in [3.8, 4) is 0 Å². The molecule has 0 fully saturated rings. The number of nitrogens with zero attached hydrogens (tertiary/aromatic N) is 2. The van der Waals surface area contributed by atoms with Gasteiger partial charge < -0.3 is 9.67 Å². The normalized spacial score (nSPS) is 12.5. The maximum absolute atomic E-state index is 13.7. The van der Waals surface area contributed by atoms with Crippen molar-refractivity contribution in [1.82, 2.24) is 9.55 Å². The molecule has 0 bridgehead atoms. The van der Waals surface area contributed by atoms with Crippen molar-refractivity contribution in [3.05, 3.63) is 57.9 Å². The summed E-state index contributed by atoms with van der Waals surface area (Å²) in [7, 11) is -3.83. The van der Waals surface area contributed by atoms with E-state index < -0.39 is 32.4 Å². The number of pyridine rings is 1. The van der Waals surface area contributed by atoms with Crippen molar-refractivity contribution in [2.75, 3.05) is 6.26 Å². The number of rotatable bonds is 5. The Kier molecular flexibility index (Phi) is 5.59. The van der Waals surface area contributed by atoms with Crippen LogP contribution in [0.3, 0.4) is 0 Å². The first-order chi connectivity index (χ1) is 13.8. The van der Waals surface area contributed by atoms with Crippen molar-refractivity contribution in [2.24, 2.45) is 0 Å². The molecular weight excluding hydrogens is 445 g/mol. The van der Waals surface area contributed by atoms with Gasteiger partial charge >= 0.3 is 12.1 Å². The molecule has 0 atom stereocenters. The van der Waals surface area contributed by atoms with Crippen LogP contribution in [0.5, 0.6) is 0 Å². The number of carbonyl (C=O) groups is 1. The summed E-state index contributed by atoms with van der Waals surface area (Å²) >= 11 is 5.95. The third-order valence-electron chi connectivity index (χ3n) is 4.73. The van der Waals surface area contributed by atoms with Gasteiger partial charge in [-0.05, 0) is 42.3 Å². The van der Waals surface area contributed by atoms with Gasteiger partial charge in [0, 0.05) is 23.9 Å². The standard InChI is InChI=1S/C19H16ClF3N2O4S/c1-10-14(8-17(26)27)13-5-6-16(20)24-18(13)25(10)9-11-3-4-12(30(2,28)29)7-15(11)19(21,22)23/h3-7H,8-9H2,1-2H3,(H,26,27). The molecule has 0 radical (unpaired) electrons. The molecule has 160 valence electrons. The van der Waals surface area contributed by atoms with Crippen LogP contribution < -0.4 is 0 Å². The number of hydrogen-bond donors (Lipinski definition) is 1. The smallest absolute Gasteiger partial charge is 0.416 e. The Hall–Kier alpha value is -2.59. The predicted octanol–water partition coefficient (Wildman–Crippen LogP) is 4.10. The third kappa shape index (κ3) is 4.29. The van der Waals surface area contributed by atoms with Crippen LogP contribution in [0.4, 0.5) is 13.2 Å². The molecule has 0 aliphatic heterocycles. The molecule has 3 rings (SSSR count). The van der Waals surface area contributed by atoms with Crippen LogP contribution in [0.25, 0.3) is 11.0 Å². The van der Waals surface area contributed by atoms with E-state index in [0.717, 1.165) is 18.4 Å². The Bertz CT molecular complexity index is 1270. The van der Waals surface area contributed by atoms with E-state index in [0.29, 0.717) is 22.7 Å². The van der Waals surface area contributed by atoms with E-state index in [1.54, 1.807) is 13.0 Å². The second-order valence-electron chi connectivity index (χ2n) is 6.81. The van der Waals surface area contributed by atoms with Crippen molar-refractivity contribution in [1.29, 1.82) is 0 Å². The zero-order valence-corrected chi connectivity index (χ0v) is 17.4. The second-order valence-corrected chi connectivity index (χ2v) is 9.22. The molecule has 0 amide bonds. The largest absolute Gasteiger partial charge is 0.481 e. The van der Waals surface area contributed by atoms with Crippen LogP contribution in [0, 0.1) is 6.92 Å². The number of benzene rings is 1. The van der Waals surface area contributed by atoms with Gasteiger partial charge in [0.1, 0.15) is 10.8 Å². The molecule has 2 aromatic heterocycles. The number of carboxylic acid groups (broad SMARTS) is 1. The predicted molar refractivity (Wildman–Crippen MR) is 104 cm³/mol. The van der Waals surface area contributed by atoms with Crippen molar-refractivity contribution < 1.29 is 31.5 Å². The van der Waals surface area contributed by atoms with Gasteiger partial charge in [-0.25, -0.2) is 13.4 Å². The monoisotopic (exact) mass is 460 g/mol. The van der Waals surface area contributed by atoms with E-state index in [9.17, 15) is 31.5 Å². The molecule has 0 spiro atoms. The Balaban J connectivity index is 2.23. The fourth-order valence-corrected chi connectivity index (χ4v) is 4.10. The molecule has 1 N–H and O–H groups in total. The Morgan fingerprint density at radius 3 is 2.47 bits per heavy atom. The number of sulfone groups is 1. The summed E-state index contributed by atoms with van der Waals surface area (Å²) in [6.45, 7) is 1.29. The highest BCUT2D eigenvalue weighted by Gasteiger charge is 2.34. The number of carboxylic acids is 1. The summed E-state index contributed by atoms with van der Waals surface area (Å²) in [5, 5.41) is 9.78. The summed E-state index contributed by atoms with van der Waals surface area (Å²) in [5.41, 5.74) is -0.172. The summed E-state index contributed by atoms with van der Waals surface area (Å²) in [4.78, 5) is 15.0. The fraction of sp³-hybridized carbons (Fsp3) is 0.263. The number of aromatic nitrogens is 2. The Morgan fingerprint density at radius 2 is 1.90 bits per heavy atom. The van der Waals surface area contributed by atoms with Gasteiger partial charge in [0.15, 0.2) is 9.84 Å². The maximum atomic E-state index is 13.7. The first kappa shape index (κ1) is 22.1. The summed E-state index contributed by atoms with van der Waals surface area (Å²) < 4.78 is 65.8. The van der Waals surface area contributed by atoms with E-state index in [1.807, 2.05) is 0 Å². The van der Waals surface area contributed by atoms with E-state index in [4.69, 9.17) is 11.6 Å². The van der Waals surface area contributed by atoms with Crippen LogP contribution in [-0.4, -0.2) is 35.3 Å². The minimum absolute atomic E-state index is 0.103. The molecule has 1 aromatic carbocycles. The minimum atomic E-state index is -4.79. The maximum Gasteiger partial charge on any atom is 0.416 e. The van der Waals surface area contributed by atoms with Crippen LogP contribution in [-0.2, 0) is 33.8 Å². The number of halogens is 4. The van der Waals surface area contributed by atoms with Gasteiger partial charge in [0.05, 0.1) is 16.9 Å². The third-order valence-corrected chi connectivity index (χ3v) is 6.06. The molecule has 3 aromatic rings. The van der Waals surface area contributed by atoms with Gasteiger partial charge in [-0.15, -0.1) is 0 Å². The van der Waals surface area contributed by atoms with Gasteiger partial charge in [0.2, 0.25) is 0 Å². The van der Waals surface area contributed by atoms with Gasteiger partial charge in [-0.2, -0.15) is 13.2 Å². The quantitative estimate of drug-likeness (QED) is 0.579. The molecule has 0 unspecified atom stereocenters. The average molecular weight is 461 g/mol. The lowest BCUT2D eigenvalue weighted by Gasteiger charge is -2.16. The summed E-state index contributed by atoms with van der Waals surface area (Å²) in [6, 6.07) is 5.86. The lowest BCUT2D eigenvalue weighted by Crippen LogP contribution is -2.14. The Labute approximate surface area is 174 Å². The number of alkyl halides is 3. The molecule has 0 aliphatic rings. The second kappa shape index (κ2) is 7.59. The van der Waals surface area contributed by atoms with Crippen molar-refractivity contribution in [2.45, 2.75) is 31.0 Å². The van der Waals surface area contributed by atoms with Crippen LogP contribution in [0.1, 0.15) is 22.4 Å². The van der Waals surface area contributed by atoms with Crippen molar-refractivity contribution in [3.63, 3.8) is 0 Å². The lowest BCUT2D eigenvalue weighted by molar-refractivity contribution is -0.138. The highest BCUT2D eigenvalue weighted by molar-refractivity contribution is 7.90. The molecule has 6 nitrogen and oxygen atoms in total. The highest BCUT2D eigenvalue weighted by atomic mass is 35.5. The van der Waals surface area contributed by atoms with Crippen LogP contribution in [0.15, 0.2) is 35.2 Å². The molecule has 0 saturated heterocycles. The minimum Gasteiger partial charge on any atom is -0.481 e. The van der Waals surface area contributed by atoms with E-state index in [1.165, 1.54) is 10.6 Å². The first-order valence-electron chi connectivity index (χ1n) is 8.55. The van der Waals surface area contributed by atoms with Crippen LogP contribution in [0.2, 0.25) is 5.15 Å². The number of fused-ring (bicyclic) bond motifs is 1. The molecule has 0 aliphatic carbocycles. The van der Waals surface area contributed by atoms with Gasteiger partial charge in [-0.1, -0.05) is 17.7 Å². The zero-order chi connectivity index (χ0) is 22.4. The Morgan fingerprint density at radius 1 is 1.23 bits per heavy atom. The molecule has 0 saturated carbocycles. The highest BCUT2D eigenvalue weighted by Crippen LogP contribution is 2.35.